The lowest BCUT2D eigenvalue weighted by molar-refractivity contribution is 0.0157. The van der Waals surface area contributed by atoms with Gasteiger partial charge < -0.3 is 15.2 Å². The van der Waals surface area contributed by atoms with Crippen LogP contribution in [-0.4, -0.2) is 36.0 Å². The second kappa shape index (κ2) is 7.25. The summed E-state index contributed by atoms with van der Waals surface area (Å²) in [5.74, 6) is 0.540. The molecule has 0 aromatic rings. The molecule has 16 heavy (non-hydrogen) atoms. The molecule has 0 saturated heterocycles. The summed E-state index contributed by atoms with van der Waals surface area (Å²) in [4.78, 5) is 0. The van der Waals surface area contributed by atoms with Crippen molar-refractivity contribution >= 4 is 0 Å². The standard InChI is InChI=1S/C13H29NO2/c1-10(2)12(5)16-8-7-13(6,9-15)14-11(3)4/h10-12,14-15H,7-9H2,1-6H3. The van der Waals surface area contributed by atoms with Crippen molar-refractivity contribution in [2.45, 2.75) is 65.6 Å². The molecular weight excluding hydrogens is 202 g/mol. The Morgan fingerprint density at radius 2 is 1.75 bits per heavy atom. The smallest absolute Gasteiger partial charge is 0.0611 e. The number of aliphatic hydroxyl groups is 1. The van der Waals surface area contributed by atoms with E-state index in [-0.39, 0.29) is 18.2 Å². The average Bonchev–Trinajstić information content (AvgIpc) is 2.16. The van der Waals surface area contributed by atoms with Crippen molar-refractivity contribution in [2.75, 3.05) is 13.2 Å². The lowest BCUT2D eigenvalue weighted by Gasteiger charge is -2.31. The van der Waals surface area contributed by atoms with Crippen LogP contribution < -0.4 is 5.32 Å². The summed E-state index contributed by atoms with van der Waals surface area (Å²) < 4.78 is 5.73. The molecule has 0 aromatic heterocycles. The normalized spacial score (nSPS) is 17.8. The van der Waals surface area contributed by atoms with Crippen LogP contribution in [0.5, 0.6) is 0 Å². The van der Waals surface area contributed by atoms with Gasteiger partial charge in [0.05, 0.1) is 12.7 Å². The number of nitrogens with one attached hydrogen (secondary N) is 1. The molecule has 0 amide bonds. The fourth-order valence-electron chi connectivity index (χ4n) is 1.56. The summed E-state index contributed by atoms with van der Waals surface area (Å²) >= 11 is 0. The molecule has 0 spiro atoms. The molecule has 2 unspecified atom stereocenters. The van der Waals surface area contributed by atoms with Crippen molar-refractivity contribution in [3.05, 3.63) is 0 Å². The van der Waals surface area contributed by atoms with Crippen LogP contribution in [0.25, 0.3) is 0 Å². The molecule has 0 heterocycles. The maximum Gasteiger partial charge on any atom is 0.0611 e. The lowest BCUT2D eigenvalue weighted by atomic mass is 9.98. The van der Waals surface area contributed by atoms with Crippen LogP contribution in [0.2, 0.25) is 0 Å². The van der Waals surface area contributed by atoms with E-state index in [1.165, 1.54) is 0 Å². The predicted octanol–water partition coefficient (Wildman–Crippen LogP) is 2.19. The molecule has 3 nitrogen and oxygen atoms in total. The molecule has 0 fully saturated rings. The Morgan fingerprint density at radius 3 is 2.12 bits per heavy atom. The Kier molecular flexibility index (Phi) is 7.20. The SMILES string of the molecule is CC(C)NC(C)(CO)CCOC(C)C(C)C. The molecule has 98 valence electrons. The minimum atomic E-state index is -0.231. The zero-order valence-electron chi connectivity index (χ0n) is 11.7. The number of rotatable bonds is 8. The van der Waals surface area contributed by atoms with Crippen molar-refractivity contribution in [3.8, 4) is 0 Å². The first kappa shape index (κ1) is 15.9. The second-order valence-electron chi connectivity index (χ2n) is 5.59. The van der Waals surface area contributed by atoms with E-state index in [4.69, 9.17) is 4.74 Å². The Bertz CT molecular complexity index is 183. The molecule has 0 bridgehead atoms. The molecule has 0 rings (SSSR count). The third-order valence-electron chi connectivity index (χ3n) is 2.96. The van der Waals surface area contributed by atoms with Crippen LogP contribution >= 0.6 is 0 Å². The summed E-state index contributed by atoms with van der Waals surface area (Å²) in [6.07, 6.45) is 1.11. The molecule has 0 saturated carbocycles. The van der Waals surface area contributed by atoms with E-state index in [0.29, 0.717) is 18.6 Å². The lowest BCUT2D eigenvalue weighted by Crippen LogP contribution is -2.49. The van der Waals surface area contributed by atoms with E-state index in [0.717, 1.165) is 6.42 Å². The van der Waals surface area contributed by atoms with Gasteiger partial charge in [-0.05, 0) is 26.2 Å². The van der Waals surface area contributed by atoms with Crippen molar-refractivity contribution in [1.29, 1.82) is 0 Å². The largest absolute Gasteiger partial charge is 0.394 e. The number of hydrogen-bond donors (Lipinski definition) is 2. The van der Waals surface area contributed by atoms with Gasteiger partial charge >= 0.3 is 0 Å². The van der Waals surface area contributed by atoms with Gasteiger partial charge in [0.1, 0.15) is 0 Å². The summed E-state index contributed by atoms with van der Waals surface area (Å²) in [7, 11) is 0. The van der Waals surface area contributed by atoms with Crippen LogP contribution in [0.4, 0.5) is 0 Å². The van der Waals surface area contributed by atoms with Gasteiger partial charge in [0.2, 0.25) is 0 Å². The zero-order chi connectivity index (χ0) is 12.8. The van der Waals surface area contributed by atoms with Gasteiger partial charge in [-0.15, -0.1) is 0 Å². The second-order valence-corrected chi connectivity index (χ2v) is 5.59. The molecule has 0 aromatic carbocycles. The van der Waals surface area contributed by atoms with E-state index in [2.05, 4.69) is 39.9 Å². The quantitative estimate of drug-likeness (QED) is 0.673. The van der Waals surface area contributed by atoms with Gasteiger partial charge in [0, 0.05) is 18.2 Å². The fraction of sp³-hybridized carbons (Fsp3) is 1.00. The zero-order valence-corrected chi connectivity index (χ0v) is 11.7. The maximum atomic E-state index is 9.39. The predicted molar refractivity (Wildman–Crippen MR) is 68.6 cm³/mol. The third-order valence-corrected chi connectivity index (χ3v) is 2.96. The van der Waals surface area contributed by atoms with Crippen LogP contribution in [0.15, 0.2) is 0 Å². The van der Waals surface area contributed by atoms with Crippen LogP contribution in [0.3, 0.4) is 0 Å². The molecule has 2 N–H and O–H groups in total. The Labute approximate surface area is 101 Å². The first-order valence-corrected chi connectivity index (χ1v) is 6.31. The molecule has 0 radical (unpaired) electrons. The van der Waals surface area contributed by atoms with Crippen molar-refractivity contribution in [2.24, 2.45) is 5.92 Å². The van der Waals surface area contributed by atoms with E-state index in [1.807, 2.05) is 6.92 Å². The van der Waals surface area contributed by atoms with E-state index < -0.39 is 0 Å². The van der Waals surface area contributed by atoms with Crippen molar-refractivity contribution < 1.29 is 9.84 Å². The number of hydrogen-bond acceptors (Lipinski definition) is 3. The van der Waals surface area contributed by atoms with E-state index in [1.54, 1.807) is 0 Å². The minimum Gasteiger partial charge on any atom is -0.394 e. The highest BCUT2D eigenvalue weighted by molar-refractivity contribution is 4.83. The third kappa shape index (κ3) is 6.46. The highest BCUT2D eigenvalue weighted by Gasteiger charge is 2.23. The summed E-state index contributed by atoms with van der Waals surface area (Å²) in [5.41, 5.74) is -0.231. The Morgan fingerprint density at radius 1 is 1.19 bits per heavy atom. The van der Waals surface area contributed by atoms with Gasteiger partial charge in [-0.3, -0.25) is 0 Å². The summed E-state index contributed by atoms with van der Waals surface area (Å²) in [6, 6.07) is 0.375. The van der Waals surface area contributed by atoms with Crippen LogP contribution in [-0.2, 0) is 4.74 Å². The van der Waals surface area contributed by atoms with Crippen molar-refractivity contribution in [3.63, 3.8) is 0 Å². The van der Waals surface area contributed by atoms with Crippen molar-refractivity contribution in [1.82, 2.24) is 5.32 Å². The number of aliphatic hydroxyl groups excluding tert-OH is 1. The Balaban J connectivity index is 3.95. The van der Waals surface area contributed by atoms with Gasteiger partial charge in [-0.1, -0.05) is 27.7 Å². The Hall–Kier alpha value is -0.120. The monoisotopic (exact) mass is 231 g/mol. The topological polar surface area (TPSA) is 41.5 Å². The van der Waals surface area contributed by atoms with Crippen LogP contribution in [0.1, 0.15) is 48.0 Å². The first-order valence-electron chi connectivity index (χ1n) is 6.31. The van der Waals surface area contributed by atoms with Gasteiger partial charge in [0.15, 0.2) is 0 Å². The molecule has 3 heteroatoms. The van der Waals surface area contributed by atoms with Gasteiger partial charge in [0.25, 0.3) is 0 Å². The molecule has 0 aliphatic rings. The maximum absolute atomic E-state index is 9.39. The summed E-state index contributed by atoms with van der Waals surface area (Å²) in [6.45, 7) is 13.5. The van der Waals surface area contributed by atoms with E-state index >= 15 is 0 Å². The highest BCUT2D eigenvalue weighted by atomic mass is 16.5. The number of ether oxygens (including phenoxy) is 1. The minimum absolute atomic E-state index is 0.143. The molecular formula is C13H29NO2. The fourth-order valence-corrected chi connectivity index (χ4v) is 1.56. The molecule has 2 atom stereocenters. The molecule has 0 aliphatic heterocycles. The highest BCUT2D eigenvalue weighted by Crippen LogP contribution is 2.12. The summed E-state index contributed by atoms with van der Waals surface area (Å²) in [5, 5.41) is 12.8. The van der Waals surface area contributed by atoms with Crippen LogP contribution in [0, 0.1) is 5.92 Å². The average molecular weight is 231 g/mol. The van der Waals surface area contributed by atoms with Gasteiger partial charge in [-0.2, -0.15) is 0 Å². The first-order chi connectivity index (χ1) is 7.30. The van der Waals surface area contributed by atoms with E-state index in [9.17, 15) is 5.11 Å². The molecule has 0 aliphatic carbocycles. The van der Waals surface area contributed by atoms with Gasteiger partial charge in [-0.25, -0.2) is 0 Å².